The predicted molar refractivity (Wildman–Crippen MR) is 154 cm³/mol. The number of carbonyl (C=O) groups excluding carboxylic acids is 4. The first-order chi connectivity index (χ1) is 20.0. The van der Waals surface area contributed by atoms with Gasteiger partial charge in [0.2, 0.25) is 0 Å². The highest BCUT2D eigenvalue weighted by Gasteiger charge is 2.46. The lowest BCUT2D eigenvalue weighted by Gasteiger charge is -2.25. The van der Waals surface area contributed by atoms with Crippen LogP contribution in [0.3, 0.4) is 0 Å². The van der Waals surface area contributed by atoms with E-state index in [-0.39, 0.29) is 9.81 Å². The molecule has 42 heavy (non-hydrogen) atoms. The van der Waals surface area contributed by atoms with E-state index >= 15 is 0 Å². The van der Waals surface area contributed by atoms with Gasteiger partial charge in [-0.2, -0.15) is 0 Å². The molecule has 4 rings (SSSR count). The first kappa shape index (κ1) is 30.4. The highest BCUT2D eigenvalue weighted by Crippen LogP contribution is 2.37. The number of amides is 4. The van der Waals surface area contributed by atoms with Gasteiger partial charge in [0.1, 0.15) is 23.6 Å². The molecule has 2 atom stereocenters. The number of methoxy groups -OCH3 is 2. The Bertz CT molecular complexity index is 1390. The van der Waals surface area contributed by atoms with E-state index in [1.165, 1.54) is 26.4 Å². The molecule has 2 heterocycles. The molecule has 2 aliphatic rings. The number of carbonyl (C=O) groups is 6. The van der Waals surface area contributed by atoms with Gasteiger partial charge in [0.25, 0.3) is 22.3 Å². The number of thioether (sulfide) groups is 2. The zero-order valence-corrected chi connectivity index (χ0v) is 23.8. The second kappa shape index (κ2) is 13.0. The topological polar surface area (TPSA) is 168 Å². The summed E-state index contributed by atoms with van der Waals surface area (Å²) in [5.74, 6) is -3.63. The normalized spacial score (nSPS) is 18.6. The van der Waals surface area contributed by atoms with Crippen LogP contribution in [-0.2, 0) is 19.2 Å². The third-order valence-corrected chi connectivity index (χ3v) is 8.15. The summed E-state index contributed by atoms with van der Waals surface area (Å²) in [6, 6.07) is 9.76. The fourth-order valence-electron chi connectivity index (χ4n) is 4.24. The molecule has 2 N–H and O–H groups in total. The number of ether oxygens (including phenoxy) is 2. The van der Waals surface area contributed by atoms with Crippen molar-refractivity contribution in [3.63, 3.8) is 0 Å². The molecule has 0 aliphatic carbocycles. The zero-order chi connectivity index (χ0) is 30.6. The number of imide groups is 2. The van der Waals surface area contributed by atoms with E-state index in [1.807, 2.05) is 0 Å². The molecule has 0 aromatic heterocycles. The van der Waals surface area contributed by atoms with Gasteiger partial charge in [-0.05, 0) is 83.9 Å². The van der Waals surface area contributed by atoms with Crippen LogP contribution >= 0.6 is 23.5 Å². The lowest BCUT2D eigenvalue weighted by atomic mass is 10.0. The van der Waals surface area contributed by atoms with E-state index in [0.717, 1.165) is 0 Å². The minimum Gasteiger partial charge on any atom is -0.497 e. The van der Waals surface area contributed by atoms with Crippen molar-refractivity contribution in [2.45, 2.75) is 24.9 Å². The quantitative estimate of drug-likeness (QED) is 0.348. The Morgan fingerprint density at radius 1 is 0.690 bits per heavy atom. The van der Waals surface area contributed by atoms with E-state index in [4.69, 9.17) is 9.47 Å². The van der Waals surface area contributed by atoms with Gasteiger partial charge in [0.15, 0.2) is 0 Å². The third-order valence-electron chi connectivity index (χ3n) is 6.38. The Labute approximate surface area is 247 Å². The Balaban J connectivity index is 1.51. The Morgan fingerprint density at radius 3 is 1.31 bits per heavy atom. The fourth-order valence-corrected chi connectivity index (χ4v) is 6.00. The van der Waals surface area contributed by atoms with Crippen molar-refractivity contribution in [3.8, 4) is 11.5 Å². The van der Waals surface area contributed by atoms with Crippen molar-refractivity contribution in [1.82, 2.24) is 9.80 Å². The highest BCUT2D eigenvalue weighted by molar-refractivity contribution is 8.18. The van der Waals surface area contributed by atoms with Gasteiger partial charge in [-0.15, -0.1) is 0 Å². The van der Waals surface area contributed by atoms with Crippen LogP contribution in [-0.4, -0.2) is 80.5 Å². The number of aliphatic carboxylic acids is 2. The Kier molecular flexibility index (Phi) is 9.38. The van der Waals surface area contributed by atoms with Crippen molar-refractivity contribution in [2.75, 3.05) is 14.2 Å². The maximum absolute atomic E-state index is 13.1. The van der Waals surface area contributed by atoms with Crippen molar-refractivity contribution in [3.05, 3.63) is 69.5 Å². The summed E-state index contributed by atoms with van der Waals surface area (Å²) in [7, 11) is 2.99. The zero-order valence-electron chi connectivity index (χ0n) is 22.2. The van der Waals surface area contributed by atoms with Gasteiger partial charge in [-0.3, -0.25) is 29.0 Å². The first-order valence-corrected chi connectivity index (χ1v) is 13.9. The summed E-state index contributed by atoms with van der Waals surface area (Å²) in [4.78, 5) is 76.9. The largest absolute Gasteiger partial charge is 0.497 e. The minimum absolute atomic E-state index is 0.0131. The molecule has 2 aromatic carbocycles. The van der Waals surface area contributed by atoms with Gasteiger partial charge in [-0.25, -0.2) is 9.59 Å². The standard InChI is InChI=1S/C28H24N2O10S2/c1-39-17-7-3-15(4-8-17)13-21-23(31)29(27(37)41-21)19(25(33)34)11-12-20(26(35)36)30-24(32)22(42-28(30)38)14-16-5-9-18(40-2)10-6-16/h3-10,13-14,19-20H,11-12H2,1-2H3,(H,33,34)(H,35,36)/b21-13-,22-14-. The Morgan fingerprint density at radius 2 is 1.02 bits per heavy atom. The first-order valence-electron chi connectivity index (χ1n) is 12.3. The molecule has 14 heteroatoms. The summed E-state index contributed by atoms with van der Waals surface area (Å²) in [6.45, 7) is 0. The highest BCUT2D eigenvalue weighted by atomic mass is 32.2. The predicted octanol–water partition coefficient (Wildman–Crippen LogP) is 4.16. The fraction of sp³-hybridized carbons (Fsp3) is 0.214. The number of carboxylic acid groups (broad SMARTS) is 2. The number of hydrogen-bond acceptors (Lipinski definition) is 10. The smallest absolute Gasteiger partial charge is 0.326 e. The van der Waals surface area contributed by atoms with Gasteiger partial charge in [0, 0.05) is 0 Å². The SMILES string of the molecule is COc1ccc(/C=C2\SC(=O)N(C(CCC(C(=O)O)N3C(=O)S/C(=C\c4ccc(OC)cc4)C3=O)C(=O)O)C2=O)cc1. The average Bonchev–Trinajstić information content (AvgIpc) is 3.39. The van der Waals surface area contributed by atoms with Gasteiger partial charge in [0.05, 0.1) is 24.0 Å². The Hall–Kier alpha value is -4.56. The van der Waals surface area contributed by atoms with Gasteiger partial charge in [-0.1, -0.05) is 24.3 Å². The van der Waals surface area contributed by atoms with E-state index in [1.54, 1.807) is 48.5 Å². The molecule has 218 valence electrons. The molecular formula is C28H24N2O10S2. The van der Waals surface area contributed by atoms with Gasteiger partial charge >= 0.3 is 11.9 Å². The lowest BCUT2D eigenvalue weighted by molar-refractivity contribution is -0.148. The van der Waals surface area contributed by atoms with Crippen LogP contribution in [0.25, 0.3) is 12.2 Å². The van der Waals surface area contributed by atoms with E-state index in [9.17, 15) is 39.0 Å². The molecule has 0 radical (unpaired) electrons. The number of hydrogen-bond donors (Lipinski definition) is 2. The molecule has 2 saturated heterocycles. The van der Waals surface area contributed by atoms with Crippen LogP contribution in [0, 0.1) is 0 Å². The van der Waals surface area contributed by atoms with Gasteiger partial charge < -0.3 is 19.7 Å². The van der Waals surface area contributed by atoms with E-state index < -0.39 is 59.2 Å². The van der Waals surface area contributed by atoms with Crippen molar-refractivity contribution < 1.29 is 48.5 Å². The summed E-state index contributed by atoms with van der Waals surface area (Å²) in [5, 5.41) is 18.0. The second-order valence-electron chi connectivity index (χ2n) is 8.94. The molecule has 0 spiro atoms. The number of carboxylic acids is 2. The molecule has 2 unspecified atom stereocenters. The van der Waals surface area contributed by atoms with Crippen molar-refractivity contribution in [1.29, 1.82) is 0 Å². The number of nitrogens with zero attached hydrogens (tertiary/aromatic N) is 2. The minimum atomic E-state index is -1.73. The van der Waals surface area contributed by atoms with Crippen molar-refractivity contribution >= 4 is 69.9 Å². The van der Waals surface area contributed by atoms with Crippen LogP contribution in [0.1, 0.15) is 24.0 Å². The molecule has 0 bridgehead atoms. The summed E-state index contributed by atoms with van der Waals surface area (Å²) in [6.07, 6.45) is 1.83. The maximum atomic E-state index is 13.1. The molecule has 2 aliphatic heterocycles. The average molecular weight is 613 g/mol. The molecule has 2 fully saturated rings. The maximum Gasteiger partial charge on any atom is 0.326 e. The van der Waals surface area contributed by atoms with E-state index in [2.05, 4.69) is 0 Å². The van der Waals surface area contributed by atoms with Crippen LogP contribution in [0.15, 0.2) is 58.3 Å². The lowest BCUT2D eigenvalue weighted by Crippen LogP contribution is -2.47. The van der Waals surface area contributed by atoms with Crippen LogP contribution in [0.4, 0.5) is 9.59 Å². The molecular weight excluding hydrogens is 588 g/mol. The summed E-state index contributed by atoms with van der Waals surface area (Å²) < 4.78 is 10.2. The third kappa shape index (κ3) is 6.50. The molecule has 0 saturated carbocycles. The molecule has 2 aromatic rings. The number of rotatable bonds is 11. The van der Waals surface area contributed by atoms with Crippen LogP contribution < -0.4 is 9.47 Å². The molecule has 12 nitrogen and oxygen atoms in total. The summed E-state index contributed by atoms with van der Waals surface area (Å²) in [5.41, 5.74) is 1.14. The van der Waals surface area contributed by atoms with E-state index in [0.29, 0.717) is 55.9 Å². The van der Waals surface area contributed by atoms with Crippen molar-refractivity contribution in [2.24, 2.45) is 0 Å². The van der Waals surface area contributed by atoms with Crippen LogP contribution in [0.5, 0.6) is 11.5 Å². The second-order valence-corrected chi connectivity index (χ2v) is 10.9. The van der Waals surface area contributed by atoms with Crippen LogP contribution in [0.2, 0.25) is 0 Å². The molecule has 4 amide bonds. The monoisotopic (exact) mass is 612 g/mol. The number of benzene rings is 2. The summed E-state index contributed by atoms with van der Waals surface area (Å²) >= 11 is 1.11.